The van der Waals surface area contributed by atoms with Crippen LogP contribution in [0.1, 0.15) is 45.2 Å². The SMILES string of the molecule is O=C(c1ccc2[nH]nnc2c1)N1C[C@@H]2[C@H](C1)[C@H]1CN(C(=O)c3cc(OCC(F)(F)F)c(C4CC4)cn3)C[C@@H]21. The molecule has 4 heterocycles. The number of hydrogen-bond acceptors (Lipinski definition) is 6. The van der Waals surface area contributed by atoms with Crippen molar-refractivity contribution in [3.05, 3.63) is 47.3 Å². The predicted octanol–water partition coefficient (Wildman–Crippen LogP) is 3.26. The molecular weight excluding hydrogens is 501 g/mol. The maximum absolute atomic E-state index is 13.3. The number of carbonyl (C=O) groups is 2. The largest absolute Gasteiger partial charge is 0.484 e. The molecule has 2 amide bonds. The number of nitrogens with one attached hydrogen (secondary N) is 1. The number of aromatic nitrogens is 4. The molecule has 2 aromatic heterocycles. The molecule has 198 valence electrons. The number of benzene rings is 1. The molecule has 2 saturated heterocycles. The molecule has 0 unspecified atom stereocenters. The van der Waals surface area contributed by atoms with Gasteiger partial charge in [0.1, 0.15) is 17.0 Å². The molecule has 0 bridgehead atoms. The summed E-state index contributed by atoms with van der Waals surface area (Å²) in [5, 5.41) is 10.5. The minimum atomic E-state index is -4.46. The monoisotopic (exact) mass is 526 g/mol. The minimum Gasteiger partial charge on any atom is -0.484 e. The molecule has 0 spiro atoms. The standard InChI is InChI=1S/C26H25F3N6O3/c27-26(28,29)12-38-23-6-22(30-7-15(23)13-1-2-13)25(37)35-10-18-16-8-34(9-17(16)19(18)11-35)24(36)14-3-4-20-21(5-14)32-33-31-20/h3-7,13,16-19H,1-2,8-12H2,(H,31,32,33)/t16-,17+,18+,19-. The Labute approximate surface area is 215 Å². The molecular formula is C26H25F3N6O3. The van der Waals surface area contributed by atoms with Crippen molar-refractivity contribution in [2.24, 2.45) is 23.7 Å². The Morgan fingerprint density at radius 2 is 1.63 bits per heavy atom. The van der Waals surface area contributed by atoms with Crippen molar-refractivity contribution in [2.75, 3.05) is 32.8 Å². The van der Waals surface area contributed by atoms with E-state index >= 15 is 0 Å². The van der Waals surface area contributed by atoms with E-state index in [4.69, 9.17) is 4.74 Å². The lowest BCUT2D eigenvalue weighted by Crippen LogP contribution is -2.44. The first-order valence-corrected chi connectivity index (χ1v) is 12.8. The second kappa shape index (κ2) is 8.40. The van der Waals surface area contributed by atoms with Crippen LogP contribution in [0.3, 0.4) is 0 Å². The van der Waals surface area contributed by atoms with Crippen molar-refractivity contribution < 1.29 is 27.5 Å². The number of hydrogen-bond donors (Lipinski definition) is 1. The summed E-state index contributed by atoms with van der Waals surface area (Å²) in [6.07, 6.45) is -1.21. The van der Waals surface area contributed by atoms with Crippen molar-refractivity contribution in [1.29, 1.82) is 0 Å². The fraction of sp³-hybridized carbons (Fsp3) is 0.500. The molecule has 12 heteroatoms. The van der Waals surface area contributed by atoms with Gasteiger partial charge in [0.05, 0.1) is 5.52 Å². The van der Waals surface area contributed by atoms with Crippen LogP contribution in [0.15, 0.2) is 30.5 Å². The molecule has 38 heavy (non-hydrogen) atoms. The van der Waals surface area contributed by atoms with Crippen LogP contribution >= 0.6 is 0 Å². The highest BCUT2D eigenvalue weighted by atomic mass is 19.4. The number of H-pyrrole nitrogens is 1. The summed E-state index contributed by atoms with van der Waals surface area (Å²) in [6, 6.07) is 6.70. The van der Waals surface area contributed by atoms with E-state index in [1.165, 1.54) is 12.3 Å². The minimum absolute atomic E-state index is 0.0263. The van der Waals surface area contributed by atoms with Crippen molar-refractivity contribution in [2.45, 2.75) is 24.9 Å². The van der Waals surface area contributed by atoms with Crippen LogP contribution in [0.5, 0.6) is 5.75 Å². The molecule has 2 aliphatic carbocycles. The molecule has 2 aliphatic heterocycles. The zero-order valence-electron chi connectivity index (χ0n) is 20.3. The summed E-state index contributed by atoms with van der Waals surface area (Å²) in [4.78, 5) is 34.4. The summed E-state index contributed by atoms with van der Waals surface area (Å²) in [5.41, 5.74) is 2.75. The summed E-state index contributed by atoms with van der Waals surface area (Å²) < 4.78 is 43.4. The zero-order valence-corrected chi connectivity index (χ0v) is 20.3. The second-order valence-corrected chi connectivity index (χ2v) is 10.9. The fourth-order valence-electron chi connectivity index (χ4n) is 6.58. The number of pyridine rings is 1. The van der Waals surface area contributed by atoms with Crippen LogP contribution in [-0.4, -0.2) is 81.0 Å². The van der Waals surface area contributed by atoms with Gasteiger partial charge in [-0.1, -0.05) is 5.21 Å². The third-order valence-corrected chi connectivity index (χ3v) is 8.59. The molecule has 4 aliphatic rings. The number of nitrogens with zero attached hydrogens (tertiary/aromatic N) is 5. The average Bonchev–Trinajstić information content (AvgIpc) is 3.32. The van der Waals surface area contributed by atoms with Gasteiger partial charge in [0, 0.05) is 49.6 Å². The summed E-state index contributed by atoms with van der Waals surface area (Å²) in [5.74, 6) is 1.17. The first-order valence-electron chi connectivity index (χ1n) is 12.8. The molecule has 4 fully saturated rings. The third-order valence-electron chi connectivity index (χ3n) is 8.59. The highest BCUT2D eigenvalue weighted by Gasteiger charge is 2.59. The van der Waals surface area contributed by atoms with Gasteiger partial charge < -0.3 is 14.5 Å². The molecule has 1 N–H and O–H groups in total. The highest BCUT2D eigenvalue weighted by molar-refractivity contribution is 5.97. The third kappa shape index (κ3) is 3.97. The van der Waals surface area contributed by atoms with Gasteiger partial charge in [-0.3, -0.25) is 19.7 Å². The van der Waals surface area contributed by atoms with Crippen LogP contribution in [0.2, 0.25) is 0 Å². The van der Waals surface area contributed by atoms with Crippen LogP contribution in [0, 0.1) is 23.7 Å². The van der Waals surface area contributed by atoms with Gasteiger partial charge in [-0.2, -0.15) is 13.2 Å². The van der Waals surface area contributed by atoms with Crippen LogP contribution in [0.25, 0.3) is 11.0 Å². The lowest BCUT2D eigenvalue weighted by Gasteiger charge is -2.42. The van der Waals surface area contributed by atoms with E-state index in [2.05, 4.69) is 20.4 Å². The van der Waals surface area contributed by atoms with Crippen molar-refractivity contribution in [3.8, 4) is 5.75 Å². The lowest BCUT2D eigenvalue weighted by atomic mass is 9.60. The Morgan fingerprint density at radius 1 is 0.974 bits per heavy atom. The predicted molar refractivity (Wildman–Crippen MR) is 127 cm³/mol. The van der Waals surface area contributed by atoms with Gasteiger partial charge in [0.25, 0.3) is 11.8 Å². The van der Waals surface area contributed by atoms with Crippen LogP contribution in [-0.2, 0) is 0 Å². The van der Waals surface area contributed by atoms with Crippen LogP contribution < -0.4 is 4.74 Å². The Balaban J connectivity index is 1.02. The van der Waals surface area contributed by atoms with Crippen molar-refractivity contribution >= 4 is 22.8 Å². The van der Waals surface area contributed by atoms with E-state index in [9.17, 15) is 22.8 Å². The maximum Gasteiger partial charge on any atom is 0.422 e. The smallest absolute Gasteiger partial charge is 0.422 e. The quantitative estimate of drug-likeness (QED) is 0.548. The van der Waals surface area contributed by atoms with E-state index in [-0.39, 0.29) is 29.2 Å². The molecule has 0 radical (unpaired) electrons. The van der Waals surface area contributed by atoms with Gasteiger partial charge in [-0.05, 0) is 60.6 Å². The topological polar surface area (TPSA) is 104 Å². The average molecular weight is 527 g/mol. The fourth-order valence-corrected chi connectivity index (χ4v) is 6.58. The van der Waals surface area contributed by atoms with E-state index < -0.39 is 12.8 Å². The summed E-state index contributed by atoms with van der Waals surface area (Å²) in [6.45, 7) is 1.01. The molecule has 2 saturated carbocycles. The zero-order chi connectivity index (χ0) is 26.2. The number of likely N-dealkylation sites (tertiary alicyclic amines) is 2. The van der Waals surface area contributed by atoms with Crippen molar-refractivity contribution in [1.82, 2.24) is 30.2 Å². The van der Waals surface area contributed by atoms with Gasteiger partial charge in [0.15, 0.2) is 6.61 Å². The number of aromatic amines is 1. The van der Waals surface area contributed by atoms with Gasteiger partial charge >= 0.3 is 6.18 Å². The number of rotatable bonds is 5. The Kier molecular flexibility index (Phi) is 5.18. The highest BCUT2D eigenvalue weighted by Crippen LogP contribution is 2.54. The van der Waals surface area contributed by atoms with E-state index in [0.29, 0.717) is 66.5 Å². The number of alkyl halides is 3. The van der Waals surface area contributed by atoms with Gasteiger partial charge in [-0.15, -0.1) is 5.10 Å². The summed E-state index contributed by atoms with van der Waals surface area (Å²) >= 11 is 0. The Bertz CT molecular complexity index is 1420. The first-order chi connectivity index (χ1) is 18.2. The maximum atomic E-state index is 13.3. The van der Waals surface area contributed by atoms with Crippen molar-refractivity contribution in [3.63, 3.8) is 0 Å². The van der Waals surface area contributed by atoms with Gasteiger partial charge in [0.2, 0.25) is 0 Å². The Morgan fingerprint density at radius 3 is 2.26 bits per heavy atom. The number of ether oxygens (including phenoxy) is 1. The number of halogens is 3. The molecule has 7 rings (SSSR count). The molecule has 9 nitrogen and oxygen atoms in total. The van der Waals surface area contributed by atoms with E-state index in [1.54, 1.807) is 23.1 Å². The lowest BCUT2D eigenvalue weighted by molar-refractivity contribution is -0.153. The van der Waals surface area contributed by atoms with Crippen LogP contribution in [0.4, 0.5) is 13.2 Å². The number of carbonyl (C=O) groups excluding carboxylic acids is 2. The molecule has 4 atom stereocenters. The number of fused-ring (bicyclic) bond motifs is 5. The Hall–Kier alpha value is -3.70. The van der Waals surface area contributed by atoms with E-state index in [0.717, 1.165) is 18.4 Å². The summed E-state index contributed by atoms with van der Waals surface area (Å²) in [7, 11) is 0. The molecule has 1 aromatic carbocycles. The molecule has 3 aromatic rings. The van der Waals surface area contributed by atoms with E-state index in [1.807, 2.05) is 4.90 Å². The first kappa shape index (κ1) is 23.4. The normalized spacial score (nSPS) is 26.3. The van der Waals surface area contributed by atoms with Gasteiger partial charge in [-0.25, -0.2) is 0 Å². The number of amides is 2. The second-order valence-electron chi connectivity index (χ2n) is 10.9.